The number of rotatable bonds is 10. The summed E-state index contributed by atoms with van der Waals surface area (Å²) in [4.78, 5) is 4.92. The van der Waals surface area contributed by atoms with Crippen LogP contribution in [0.1, 0.15) is 0 Å². The lowest BCUT2D eigenvalue weighted by atomic mass is 9.94. The van der Waals surface area contributed by atoms with Crippen LogP contribution in [-0.2, 0) is 0 Å². The van der Waals surface area contributed by atoms with Crippen molar-refractivity contribution in [2.45, 2.75) is 0 Å². The van der Waals surface area contributed by atoms with Gasteiger partial charge in [-0.2, -0.15) is 0 Å². The van der Waals surface area contributed by atoms with Gasteiger partial charge < -0.3 is 18.6 Å². The lowest BCUT2D eigenvalue weighted by molar-refractivity contribution is 0.669. The third-order valence-electron chi connectivity index (χ3n) is 17.5. The zero-order chi connectivity index (χ0) is 56.7. The number of furan rings is 2. The van der Waals surface area contributed by atoms with E-state index in [0.717, 1.165) is 133 Å². The zero-order valence-corrected chi connectivity index (χ0v) is 46.7. The molecule has 0 spiro atoms. The van der Waals surface area contributed by atoms with Gasteiger partial charge in [0.25, 0.3) is 0 Å². The largest absolute Gasteiger partial charge is 0.455 e. The van der Waals surface area contributed by atoms with Gasteiger partial charge in [-0.05, 0) is 116 Å². The maximum Gasteiger partial charge on any atom is 0.143 e. The molecule has 0 aliphatic heterocycles. The predicted octanol–water partition coefficient (Wildman–Crippen LogP) is 23.7. The van der Waals surface area contributed by atoms with E-state index in [1.165, 1.54) is 32.7 Å². The van der Waals surface area contributed by atoms with Crippen molar-refractivity contribution < 1.29 is 8.83 Å². The van der Waals surface area contributed by atoms with Crippen molar-refractivity contribution in [2.75, 3.05) is 9.80 Å². The average Bonchev–Trinajstić information content (AvgIpc) is 1.28. The van der Waals surface area contributed by atoms with Crippen molar-refractivity contribution in [3.63, 3.8) is 0 Å². The van der Waals surface area contributed by atoms with Crippen LogP contribution in [0.2, 0.25) is 0 Å². The van der Waals surface area contributed by atoms with Crippen molar-refractivity contribution in [3.05, 3.63) is 315 Å². The summed E-state index contributed by atoms with van der Waals surface area (Å²) in [6.07, 6.45) is 0. The fourth-order valence-electron chi connectivity index (χ4n) is 13.4. The summed E-state index contributed by atoms with van der Waals surface area (Å²) in [5.41, 5.74) is 18.9. The number of hydrogen-bond donors (Lipinski definition) is 0. The molecule has 15 aromatic carbocycles. The molecular weight excluding hydrogens is 1040 g/mol. The first-order valence-electron chi connectivity index (χ1n) is 29.4. The van der Waals surface area contributed by atoms with E-state index < -0.39 is 0 Å². The second kappa shape index (κ2) is 20.2. The van der Waals surface area contributed by atoms with Crippen molar-refractivity contribution in [1.82, 2.24) is 0 Å². The van der Waals surface area contributed by atoms with Crippen LogP contribution < -0.4 is 9.80 Å². The fourth-order valence-corrected chi connectivity index (χ4v) is 13.4. The highest BCUT2D eigenvalue weighted by Crippen LogP contribution is 2.52. The summed E-state index contributed by atoms with van der Waals surface area (Å²) in [5, 5.41) is 13.8. The van der Waals surface area contributed by atoms with E-state index in [9.17, 15) is 0 Å². The fraction of sp³-hybridized carbons (Fsp3) is 0. The second-order valence-electron chi connectivity index (χ2n) is 22.3. The minimum absolute atomic E-state index is 0.886. The molecule has 2 aromatic heterocycles. The van der Waals surface area contributed by atoms with Crippen molar-refractivity contribution >= 4 is 121 Å². The van der Waals surface area contributed by atoms with E-state index in [2.05, 4.69) is 313 Å². The maximum absolute atomic E-state index is 6.59. The van der Waals surface area contributed by atoms with Crippen LogP contribution in [-0.4, -0.2) is 0 Å². The van der Waals surface area contributed by atoms with Gasteiger partial charge in [-0.3, -0.25) is 0 Å². The Hall–Kier alpha value is -11.5. The molecule has 0 N–H and O–H groups in total. The minimum atomic E-state index is 0.886. The van der Waals surface area contributed by atoms with E-state index in [1.807, 2.05) is 12.1 Å². The Morgan fingerprint density at radius 3 is 0.802 bits per heavy atom. The molecule has 0 aliphatic carbocycles. The first-order valence-corrected chi connectivity index (χ1v) is 29.4. The Morgan fingerprint density at radius 1 is 0.186 bits per heavy atom. The van der Waals surface area contributed by atoms with Crippen molar-refractivity contribution in [2.24, 2.45) is 0 Å². The van der Waals surface area contributed by atoms with Gasteiger partial charge in [-0.1, -0.05) is 255 Å². The Morgan fingerprint density at radius 2 is 0.442 bits per heavy atom. The van der Waals surface area contributed by atoms with Gasteiger partial charge in [-0.15, -0.1) is 0 Å². The molecule has 0 saturated heterocycles. The summed E-state index contributed by atoms with van der Waals surface area (Å²) in [7, 11) is 0. The number of para-hydroxylation sites is 4. The highest BCUT2D eigenvalue weighted by atomic mass is 16.3. The third kappa shape index (κ3) is 8.07. The standard InChI is InChI=1S/C82H52N2O2/c1-3-21-63-53(17-1)19-13-29-65(63)55-37-45-59(46-38-55)83(61-49-41-57(42-50-61)67-31-15-33-75-69-23-9-11-35-77(69)85-81(67)75)79-71-25-5-7-27-73(71)80(74-28-8-6-26-72(74)79)84(60-47-39-56(40-48-60)66-30-14-20-54-18-2-4-22-64(54)66)62-51-43-58(44-52-62)68-32-16-34-76-70-24-10-12-36-78(70)86-82(68)76/h1-52H. The van der Waals surface area contributed by atoms with Gasteiger partial charge in [0.1, 0.15) is 22.3 Å². The molecule has 4 heteroatoms. The third-order valence-corrected chi connectivity index (χ3v) is 17.5. The van der Waals surface area contributed by atoms with Crippen LogP contribution >= 0.6 is 0 Å². The number of anilines is 6. The van der Waals surface area contributed by atoms with E-state index >= 15 is 0 Å². The average molecular weight is 1100 g/mol. The molecule has 402 valence electrons. The summed E-state index contributed by atoms with van der Waals surface area (Å²) in [6, 6.07) is 114. The molecule has 0 saturated carbocycles. The molecule has 17 aromatic rings. The SMILES string of the molecule is c1ccc2c(-c3ccc(N(c4ccc(-c5cccc6c5oc5ccccc56)cc4)c4c5ccccc5c(N(c5ccc(-c6cccc7ccccc67)cc5)c5ccc(-c6cccc7c6oc6ccccc67)cc5)c5ccccc45)cc3)cccc2c1. The predicted molar refractivity (Wildman–Crippen MR) is 362 cm³/mol. The molecule has 0 radical (unpaired) electrons. The Kier molecular flexibility index (Phi) is 11.5. The van der Waals surface area contributed by atoms with E-state index in [1.54, 1.807) is 0 Å². The van der Waals surface area contributed by atoms with Crippen LogP contribution in [0.25, 0.3) is 131 Å². The molecule has 0 amide bonds. The summed E-state index contributed by atoms with van der Waals surface area (Å²) in [6.45, 7) is 0. The summed E-state index contributed by atoms with van der Waals surface area (Å²) in [5.74, 6) is 0. The van der Waals surface area contributed by atoms with Crippen LogP contribution in [0.3, 0.4) is 0 Å². The van der Waals surface area contributed by atoms with E-state index in [4.69, 9.17) is 8.83 Å². The molecule has 0 atom stereocenters. The van der Waals surface area contributed by atoms with Gasteiger partial charge in [0.05, 0.1) is 11.4 Å². The van der Waals surface area contributed by atoms with Gasteiger partial charge >= 0.3 is 0 Å². The smallest absolute Gasteiger partial charge is 0.143 e. The molecule has 0 fully saturated rings. The molecule has 17 rings (SSSR count). The van der Waals surface area contributed by atoms with Gasteiger partial charge in [-0.25, -0.2) is 0 Å². The van der Waals surface area contributed by atoms with Gasteiger partial charge in [0.15, 0.2) is 0 Å². The highest BCUT2D eigenvalue weighted by Gasteiger charge is 2.27. The van der Waals surface area contributed by atoms with Crippen molar-refractivity contribution in [3.8, 4) is 44.5 Å². The highest BCUT2D eigenvalue weighted by molar-refractivity contribution is 6.23. The van der Waals surface area contributed by atoms with Gasteiger partial charge in [0, 0.05) is 77.0 Å². The minimum Gasteiger partial charge on any atom is -0.455 e. The quantitative estimate of drug-likeness (QED) is 0.101. The molecule has 2 heterocycles. The monoisotopic (exact) mass is 1100 g/mol. The number of fused-ring (bicyclic) bond motifs is 10. The lowest BCUT2D eigenvalue weighted by Crippen LogP contribution is -2.14. The summed E-state index contributed by atoms with van der Waals surface area (Å²) < 4.78 is 13.2. The van der Waals surface area contributed by atoms with Crippen LogP contribution in [0, 0.1) is 0 Å². The Balaban J connectivity index is 0.866. The molecule has 0 unspecified atom stereocenters. The number of nitrogens with zero attached hydrogens (tertiary/aromatic N) is 2. The second-order valence-corrected chi connectivity index (χ2v) is 22.3. The molecule has 0 aliphatic rings. The molecule has 86 heavy (non-hydrogen) atoms. The van der Waals surface area contributed by atoms with E-state index in [0.29, 0.717) is 0 Å². The normalized spacial score (nSPS) is 11.7. The first-order chi connectivity index (χ1) is 42.7. The van der Waals surface area contributed by atoms with E-state index in [-0.39, 0.29) is 0 Å². The maximum atomic E-state index is 6.59. The molecular formula is C82H52N2O2. The van der Waals surface area contributed by atoms with Gasteiger partial charge in [0.2, 0.25) is 0 Å². The Bertz CT molecular complexity index is 5060. The molecule has 0 bridgehead atoms. The Labute approximate surface area is 496 Å². The topological polar surface area (TPSA) is 32.8 Å². The number of benzene rings is 15. The van der Waals surface area contributed by atoms with Crippen LogP contribution in [0.4, 0.5) is 34.1 Å². The van der Waals surface area contributed by atoms with Crippen LogP contribution in [0.5, 0.6) is 0 Å². The van der Waals surface area contributed by atoms with Crippen LogP contribution in [0.15, 0.2) is 324 Å². The zero-order valence-electron chi connectivity index (χ0n) is 46.7. The molecule has 4 nitrogen and oxygen atoms in total. The van der Waals surface area contributed by atoms with Crippen molar-refractivity contribution in [1.29, 1.82) is 0 Å². The number of hydrogen-bond acceptors (Lipinski definition) is 4. The first kappa shape index (κ1) is 49.2. The lowest BCUT2D eigenvalue weighted by Gasteiger charge is -2.33. The summed E-state index contributed by atoms with van der Waals surface area (Å²) >= 11 is 0.